The molecule has 0 unspecified atom stereocenters. The largest absolute Gasteiger partial charge is 0.497 e. The predicted octanol–water partition coefficient (Wildman–Crippen LogP) is 4.38. The van der Waals surface area contributed by atoms with E-state index in [0.29, 0.717) is 34.1 Å². The fraction of sp³-hybridized carbons (Fsp3) is 0.333. The Balaban J connectivity index is 1.81. The lowest BCUT2D eigenvalue weighted by Gasteiger charge is -2.24. The van der Waals surface area contributed by atoms with Gasteiger partial charge in [0.2, 0.25) is 0 Å². The zero-order chi connectivity index (χ0) is 22.4. The number of hydrogen-bond donors (Lipinski definition) is 1. The number of carbonyl (C=O) groups excluding carboxylic acids is 2. The van der Waals surface area contributed by atoms with Gasteiger partial charge in [-0.2, -0.15) is 0 Å². The Kier molecular flexibility index (Phi) is 7.58. The first kappa shape index (κ1) is 22.7. The van der Waals surface area contributed by atoms with Crippen molar-refractivity contribution < 1.29 is 23.8 Å². The van der Waals surface area contributed by atoms with Gasteiger partial charge in [0.25, 0.3) is 5.91 Å². The smallest absolute Gasteiger partial charge is 0.314 e. The Labute approximate surface area is 187 Å². The Morgan fingerprint density at radius 3 is 2.48 bits per heavy atom. The number of hydrogen-bond acceptors (Lipinski definition) is 5. The molecule has 31 heavy (non-hydrogen) atoms. The molecule has 1 aliphatic rings. The van der Waals surface area contributed by atoms with Gasteiger partial charge >= 0.3 is 5.97 Å². The van der Waals surface area contributed by atoms with Gasteiger partial charge in [-0.05, 0) is 61.7 Å². The van der Waals surface area contributed by atoms with Gasteiger partial charge in [-0.1, -0.05) is 23.8 Å². The van der Waals surface area contributed by atoms with E-state index in [-0.39, 0.29) is 30.4 Å². The number of amides is 1. The monoisotopic (exact) mass is 443 g/mol. The third-order valence-corrected chi connectivity index (χ3v) is 5.53. The number of carbonyl (C=O) groups is 2. The van der Waals surface area contributed by atoms with Gasteiger partial charge in [0.15, 0.2) is 0 Å². The summed E-state index contributed by atoms with van der Waals surface area (Å²) < 4.78 is 16.2. The van der Waals surface area contributed by atoms with E-state index in [1.807, 2.05) is 12.2 Å². The first-order valence-electron chi connectivity index (χ1n) is 10.1. The van der Waals surface area contributed by atoms with Crippen LogP contribution in [-0.4, -0.2) is 38.7 Å². The highest BCUT2D eigenvalue weighted by Gasteiger charge is 2.36. The number of ether oxygens (including phenoxy) is 3. The van der Waals surface area contributed by atoms with Crippen LogP contribution in [0.1, 0.15) is 35.2 Å². The Morgan fingerprint density at radius 2 is 1.84 bits per heavy atom. The quantitative estimate of drug-likeness (QED) is 0.484. The van der Waals surface area contributed by atoms with Crippen molar-refractivity contribution in [2.24, 2.45) is 5.92 Å². The standard InChI is InChI=1S/C24H26ClNO5/c1-4-31-24(28)22(20-14-19(29-2)11-12-21(20)30-3)16-7-10-18(13-16)26-23(27)15-5-8-17(25)9-6-15/h5-12,14,16,18,22H,4,13H2,1-3H3,(H,26,27)/t16-,18-,22+/m1/s1. The first-order valence-corrected chi connectivity index (χ1v) is 10.5. The number of nitrogens with one attached hydrogen (secondary N) is 1. The number of methoxy groups -OCH3 is 2. The van der Waals surface area contributed by atoms with Gasteiger partial charge in [-0.25, -0.2) is 0 Å². The van der Waals surface area contributed by atoms with Gasteiger partial charge in [0, 0.05) is 22.2 Å². The van der Waals surface area contributed by atoms with E-state index in [2.05, 4.69) is 5.32 Å². The van der Waals surface area contributed by atoms with Crippen molar-refractivity contribution in [2.45, 2.75) is 25.3 Å². The van der Waals surface area contributed by atoms with Gasteiger partial charge < -0.3 is 19.5 Å². The average Bonchev–Trinajstić information content (AvgIpc) is 3.22. The Bertz CT molecular complexity index is 957. The number of benzene rings is 2. The maximum atomic E-state index is 12.9. The van der Waals surface area contributed by atoms with Crippen molar-refractivity contribution in [3.8, 4) is 11.5 Å². The highest BCUT2D eigenvalue weighted by molar-refractivity contribution is 6.30. The van der Waals surface area contributed by atoms with Crippen molar-refractivity contribution in [3.63, 3.8) is 0 Å². The topological polar surface area (TPSA) is 73.9 Å². The van der Waals surface area contributed by atoms with Crippen LogP contribution in [0.3, 0.4) is 0 Å². The first-order chi connectivity index (χ1) is 15.0. The van der Waals surface area contributed by atoms with Crippen LogP contribution in [0, 0.1) is 5.92 Å². The van der Waals surface area contributed by atoms with Crippen molar-refractivity contribution in [1.82, 2.24) is 5.32 Å². The molecular weight excluding hydrogens is 418 g/mol. The molecule has 1 aliphatic carbocycles. The molecular formula is C24H26ClNO5. The van der Waals surface area contributed by atoms with Crippen LogP contribution in [0.4, 0.5) is 0 Å². The van der Waals surface area contributed by atoms with Gasteiger partial charge in [-0.15, -0.1) is 0 Å². The van der Waals surface area contributed by atoms with Gasteiger partial charge in [-0.3, -0.25) is 9.59 Å². The number of rotatable bonds is 8. The Hall–Kier alpha value is -2.99. The summed E-state index contributed by atoms with van der Waals surface area (Å²) in [5.41, 5.74) is 1.22. The molecule has 0 heterocycles. The molecule has 1 amide bonds. The molecule has 0 bridgehead atoms. The molecule has 0 spiro atoms. The van der Waals surface area contributed by atoms with Gasteiger partial charge in [0.05, 0.1) is 26.7 Å². The molecule has 0 radical (unpaired) electrons. The molecule has 3 rings (SSSR count). The maximum absolute atomic E-state index is 12.9. The van der Waals surface area contributed by atoms with Crippen LogP contribution in [0.5, 0.6) is 11.5 Å². The maximum Gasteiger partial charge on any atom is 0.314 e. The van der Waals surface area contributed by atoms with E-state index in [9.17, 15) is 9.59 Å². The molecule has 6 nitrogen and oxygen atoms in total. The summed E-state index contributed by atoms with van der Waals surface area (Å²) in [6.07, 6.45) is 4.42. The van der Waals surface area contributed by atoms with Crippen LogP contribution in [0.25, 0.3) is 0 Å². The minimum atomic E-state index is -0.585. The fourth-order valence-electron chi connectivity index (χ4n) is 3.78. The second-order valence-electron chi connectivity index (χ2n) is 7.21. The second-order valence-corrected chi connectivity index (χ2v) is 7.65. The summed E-state index contributed by atoms with van der Waals surface area (Å²) >= 11 is 5.89. The summed E-state index contributed by atoms with van der Waals surface area (Å²) in [6.45, 7) is 2.05. The van der Waals surface area contributed by atoms with Crippen LogP contribution in [0.2, 0.25) is 5.02 Å². The molecule has 0 aliphatic heterocycles. The summed E-state index contributed by atoms with van der Waals surface area (Å²) in [6, 6.07) is 11.9. The van der Waals surface area contributed by atoms with Crippen molar-refractivity contribution in [2.75, 3.05) is 20.8 Å². The fourth-order valence-corrected chi connectivity index (χ4v) is 3.91. The third kappa shape index (κ3) is 5.39. The average molecular weight is 444 g/mol. The van der Waals surface area contributed by atoms with E-state index < -0.39 is 5.92 Å². The molecule has 0 fully saturated rings. The lowest BCUT2D eigenvalue weighted by atomic mass is 9.84. The zero-order valence-corrected chi connectivity index (χ0v) is 18.5. The van der Waals surface area contributed by atoms with E-state index in [0.717, 1.165) is 0 Å². The second kappa shape index (κ2) is 10.4. The van der Waals surface area contributed by atoms with E-state index in [4.69, 9.17) is 25.8 Å². The minimum Gasteiger partial charge on any atom is -0.497 e. The van der Waals surface area contributed by atoms with Crippen LogP contribution in [0.15, 0.2) is 54.6 Å². The summed E-state index contributed by atoms with van der Waals surface area (Å²) in [4.78, 5) is 25.5. The van der Waals surface area contributed by atoms with Crippen LogP contribution >= 0.6 is 11.6 Å². The molecule has 2 aromatic rings. The molecule has 1 N–H and O–H groups in total. The molecule has 3 atom stereocenters. The lowest BCUT2D eigenvalue weighted by Crippen LogP contribution is -2.33. The third-order valence-electron chi connectivity index (χ3n) is 5.28. The minimum absolute atomic E-state index is 0.171. The summed E-state index contributed by atoms with van der Waals surface area (Å²) in [5, 5.41) is 3.57. The van der Waals surface area contributed by atoms with Gasteiger partial charge in [0.1, 0.15) is 11.5 Å². The number of allylic oxidation sites excluding steroid dienone is 1. The lowest BCUT2D eigenvalue weighted by molar-refractivity contribution is -0.146. The SMILES string of the molecule is CCOC(=O)[C@H](c1cc(OC)ccc1OC)[C@@H]1C=C[C@@H](NC(=O)c2ccc(Cl)cc2)C1. The van der Waals surface area contributed by atoms with Crippen molar-refractivity contribution in [3.05, 3.63) is 70.8 Å². The summed E-state index contributed by atoms with van der Waals surface area (Å²) in [7, 11) is 3.13. The molecule has 7 heteroatoms. The highest BCUT2D eigenvalue weighted by atomic mass is 35.5. The van der Waals surface area contributed by atoms with E-state index >= 15 is 0 Å². The van der Waals surface area contributed by atoms with Crippen molar-refractivity contribution >= 4 is 23.5 Å². The van der Waals surface area contributed by atoms with E-state index in [1.54, 1.807) is 63.6 Å². The molecule has 0 aromatic heterocycles. The summed E-state index contributed by atoms with van der Waals surface area (Å²) in [5.74, 6) is -0.0816. The molecule has 0 saturated heterocycles. The predicted molar refractivity (Wildman–Crippen MR) is 119 cm³/mol. The highest BCUT2D eigenvalue weighted by Crippen LogP contribution is 2.40. The molecule has 0 saturated carbocycles. The van der Waals surface area contributed by atoms with E-state index in [1.165, 1.54) is 0 Å². The zero-order valence-electron chi connectivity index (χ0n) is 17.8. The van der Waals surface area contributed by atoms with Crippen LogP contribution in [-0.2, 0) is 9.53 Å². The Morgan fingerprint density at radius 1 is 1.10 bits per heavy atom. The molecule has 164 valence electrons. The normalized spacial score (nSPS) is 18.3. The van der Waals surface area contributed by atoms with Crippen molar-refractivity contribution in [1.29, 1.82) is 0 Å². The number of halogens is 1. The number of esters is 1. The van der Waals surface area contributed by atoms with Crippen LogP contribution < -0.4 is 14.8 Å². The molecule has 2 aromatic carbocycles.